The zero-order valence-electron chi connectivity index (χ0n) is 19.4. The minimum atomic E-state index is 0.146. The van der Waals surface area contributed by atoms with Gasteiger partial charge in [0.1, 0.15) is 0 Å². The van der Waals surface area contributed by atoms with Crippen molar-refractivity contribution >= 4 is 58.3 Å². The predicted octanol–water partition coefficient (Wildman–Crippen LogP) is 8.69. The average molecular weight is 493 g/mol. The number of thiophene rings is 2. The molecule has 3 aromatic rings. The molecule has 0 amide bonds. The number of fused-ring (bicyclic) bond motifs is 1. The Hall–Kier alpha value is -1.63. The fourth-order valence-electron chi connectivity index (χ4n) is 4.75. The lowest BCUT2D eigenvalue weighted by molar-refractivity contribution is 0.589. The molecular weight excluding hydrogens is 459 g/mol. The van der Waals surface area contributed by atoms with Crippen molar-refractivity contribution in [3.63, 3.8) is 0 Å². The number of nitrogens with one attached hydrogen (secondary N) is 2. The van der Waals surface area contributed by atoms with Gasteiger partial charge in [-0.05, 0) is 47.1 Å². The molecule has 1 aromatic carbocycles. The predicted molar refractivity (Wildman–Crippen MR) is 152 cm³/mol. The topological polar surface area (TPSA) is 24.1 Å². The second kappa shape index (κ2) is 11.2. The van der Waals surface area contributed by atoms with Gasteiger partial charge in [0.05, 0.1) is 16.3 Å². The molecule has 33 heavy (non-hydrogen) atoms. The fourth-order valence-corrected chi connectivity index (χ4v) is 8.01. The van der Waals surface area contributed by atoms with Gasteiger partial charge in [-0.25, -0.2) is 0 Å². The summed E-state index contributed by atoms with van der Waals surface area (Å²) in [6.45, 7) is 2.43. The normalized spacial score (nSPS) is 16.8. The van der Waals surface area contributed by atoms with Gasteiger partial charge >= 0.3 is 6.98 Å². The highest BCUT2D eigenvalue weighted by molar-refractivity contribution is 8.02. The van der Waals surface area contributed by atoms with Crippen LogP contribution in [0.4, 0.5) is 11.4 Å². The number of hydrogen-bond acceptors (Lipinski definition) is 5. The third-order valence-electron chi connectivity index (χ3n) is 6.62. The van der Waals surface area contributed by atoms with Gasteiger partial charge in [-0.1, -0.05) is 81.9 Å². The maximum Gasteiger partial charge on any atom is 0.406 e. The number of anilines is 2. The SMILES string of the molecule is CCCCCCCCCc1ccc(B2Nc3c(-c4cccs4)sc(C4CC=CS4)c3N2)cc1. The van der Waals surface area contributed by atoms with E-state index in [2.05, 4.69) is 70.6 Å². The third kappa shape index (κ3) is 5.39. The zero-order valence-corrected chi connectivity index (χ0v) is 21.9. The fraction of sp³-hybridized carbons (Fsp3) is 0.407. The summed E-state index contributed by atoms with van der Waals surface area (Å²) in [6, 6.07) is 13.7. The molecular formula is C27H33BN2S3. The second-order valence-electron chi connectivity index (χ2n) is 9.09. The highest BCUT2D eigenvalue weighted by Crippen LogP contribution is 2.54. The van der Waals surface area contributed by atoms with Gasteiger partial charge in [0.2, 0.25) is 0 Å². The Morgan fingerprint density at radius 1 is 0.939 bits per heavy atom. The quantitative estimate of drug-likeness (QED) is 0.207. The molecule has 0 spiro atoms. The molecule has 2 aliphatic heterocycles. The van der Waals surface area contributed by atoms with E-state index >= 15 is 0 Å². The smallest absolute Gasteiger partial charge is 0.403 e. The van der Waals surface area contributed by atoms with Crippen LogP contribution < -0.4 is 15.9 Å². The van der Waals surface area contributed by atoms with Crippen LogP contribution in [0.25, 0.3) is 9.75 Å². The van der Waals surface area contributed by atoms with Crippen LogP contribution in [0.3, 0.4) is 0 Å². The number of rotatable bonds is 11. The first-order valence-electron chi connectivity index (χ1n) is 12.5. The summed E-state index contributed by atoms with van der Waals surface area (Å²) in [6.07, 6.45) is 14.2. The summed E-state index contributed by atoms with van der Waals surface area (Å²) in [5.74, 6) is 0. The molecule has 0 bridgehead atoms. The van der Waals surface area contributed by atoms with Crippen molar-refractivity contribution in [3.8, 4) is 9.75 Å². The molecule has 172 valence electrons. The van der Waals surface area contributed by atoms with Crippen molar-refractivity contribution in [2.45, 2.75) is 70.0 Å². The maximum atomic E-state index is 3.84. The van der Waals surface area contributed by atoms with Crippen LogP contribution in [-0.2, 0) is 6.42 Å². The lowest BCUT2D eigenvalue weighted by Gasteiger charge is -2.12. The van der Waals surface area contributed by atoms with E-state index in [1.165, 1.54) is 88.4 Å². The number of allylic oxidation sites excluding steroid dienone is 1. The van der Waals surface area contributed by atoms with E-state index in [1.54, 1.807) is 0 Å². The van der Waals surface area contributed by atoms with Gasteiger partial charge in [-0.3, -0.25) is 0 Å². The second-order valence-corrected chi connectivity index (χ2v) is 12.2. The van der Waals surface area contributed by atoms with Crippen LogP contribution in [0.1, 0.15) is 74.0 Å². The molecule has 0 saturated carbocycles. The molecule has 5 rings (SSSR count). The maximum absolute atomic E-state index is 3.84. The minimum Gasteiger partial charge on any atom is -0.403 e. The summed E-state index contributed by atoms with van der Waals surface area (Å²) in [7, 11) is 0. The van der Waals surface area contributed by atoms with Crippen LogP contribution in [0.2, 0.25) is 0 Å². The van der Waals surface area contributed by atoms with Gasteiger partial charge in [-0.2, -0.15) is 0 Å². The van der Waals surface area contributed by atoms with Gasteiger partial charge in [0.15, 0.2) is 0 Å². The number of unbranched alkanes of at least 4 members (excludes halogenated alkanes) is 6. The lowest BCUT2D eigenvalue weighted by Crippen LogP contribution is -2.42. The molecule has 2 N–H and O–H groups in total. The minimum absolute atomic E-state index is 0.146. The molecule has 6 heteroatoms. The Labute approximate surface area is 211 Å². The standard InChI is InChI=1S/C27H33BN2S3/c1-2-3-4-5-6-7-8-11-20-14-16-21(17-15-20)28-29-24-25(30-28)27(23-13-10-19-32-23)33-26(24)22-12-9-18-31-22/h9-10,12,14-19,23,29-30H,2-8,11,13H2,1H3. The molecule has 0 aliphatic carbocycles. The Morgan fingerprint density at radius 3 is 2.45 bits per heavy atom. The molecule has 2 aliphatic rings. The summed E-state index contributed by atoms with van der Waals surface area (Å²) >= 11 is 5.74. The number of aryl methyl sites for hydroxylation is 1. The molecule has 0 fully saturated rings. The van der Waals surface area contributed by atoms with Crippen molar-refractivity contribution < 1.29 is 0 Å². The van der Waals surface area contributed by atoms with Gasteiger partial charge in [0, 0.05) is 15.0 Å². The van der Waals surface area contributed by atoms with Crippen molar-refractivity contribution in [1.29, 1.82) is 0 Å². The Kier molecular flexibility index (Phi) is 7.85. The van der Waals surface area contributed by atoms with Crippen molar-refractivity contribution in [2.75, 3.05) is 10.5 Å². The number of benzene rings is 1. The van der Waals surface area contributed by atoms with E-state index in [-0.39, 0.29) is 6.98 Å². The first kappa shape index (κ1) is 23.1. The van der Waals surface area contributed by atoms with E-state index in [9.17, 15) is 0 Å². The van der Waals surface area contributed by atoms with Crippen molar-refractivity contribution in [1.82, 2.24) is 0 Å². The molecule has 2 nitrogen and oxygen atoms in total. The number of thioether (sulfide) groups is 1. The van der Waals surface area contributed by atoms with E-state index in [1.807, 2.05) is 34.4 Å². The first-order valence-corrected chi connectivity index (χ1v) is 15.1. The summed E-state index contributed by atoms with van der Waals surface area (Å²) in [5.41, 5.74) is 5.40. The van der Waals surface area contributed by atoms with E-state index in [0.717, 1.165) is 6.42 Å². The van der Waals surface area contributed by atoms with Crippen molar-refractivity contribution in [2.24, 2.45) is 0 Å². The Morgan fingerprint density at radius 2 is 1.73 bits per heavy atom. The highest BCUT2D eigenvalue weighted by atomic mass is 32.2. The zero-order chi connectivity index (χ0) is 22.5. The van der Waals surface area contributed by atoms with Gasteiger partial charge < -0.3 is 10.5 Å². The third-order valence-corrected chi connectivity index (χ3v) is 10.2. The summed E-state index contributed by atoms with van der Waals surface area (Å²) < 4.78 is 0. The van der Waals surface area contributed by atoms with Crippen molar-refractivity contribution in [3.05, 3.63) is 63.7 Å². The van der Waals surface area contributed by atoms with Crippen LogP contribution in [0, 0.1) is 0 Å². The van der Waals surface area contributed by atoms with Crippen LogP contribution >= 0.6 is 34.4 Å². The van der Waals surface area contributed by atoms with Gasteiger partial charge in [0.25, 0.3) is 0 Å². The monoisotopic (exact) mass is 492 g/mol. The van der Waals surface area contributed by atoms with Gasteiger partial charge in [-0.15, -0.1) is 34.4 Å². The summed E-state index contributed by atoms with van der Waals surface area (Å²) in [4.78, 5) is 4.22. The Bertz CT molecular complexity index is 1050. The van der Waals surface area contributed by atoms with E-state index < -0.39 is 0 Å². The summed E-state index contributed by atoms with van der Waals surface area (Å²) in [5, 5.41) is 12.6. The van der Waals surface area contributed by atoms with Crippen LogP contribution in [0.5, 0.6) is 0 Å². The molecule has 1 unspecified atom stereocenters. The first-order chi connectivity index (χ1) is 16.3. The lowest BCUT2D eigenvalue weighted by atomic mass is 9.69. The van der Waals surface area contributed by atoms with E-state index in [0.29, 0.717) is 5.25 Å². The largest absolute Gasteiger partial charge is 0.406 e. The highest BCUT2D eigenvalue weighted by Gasteiger charge is 2.35. The van der Waals surface area contributed by atoms with Crippen LogP contribution in [0.15, 0.2) is 53.3 Å². The van der Waals surface area contributed by atoms with E-state index in [4.69, 9.17) is 0 Å². The number of hydrogen-bond donors (Lipinski definition) is 2. The molecule has 2 aromatic heterocycles. The molecule has 4 heterocycles. The molecule has 0 saturated heterocycles. The Balaban J connectivity index is 1.23. The molecule has 1 atom stereocenters. The molecule has 0 radical (unpaired) electrons. The van der Waals surface area contributed by atoms with Crippen LogP contribution in [-0.4, -0.2) is 6.98 Å². The average Bonchev–Trinajstić information content (AvgIpc) is 3.63.